The number of hydrogen-bond donors (Lipinski definition) is 0. The Morgan fingerprint density at radius 3 is 2.21 bits per heavy atom. The van der Waals surface area contributed by atoms with Crippen LogP contribution in [0.2, 0.25) is 0 Å². The fourth-order valence-corrected chi connectivity index (χ4v) is 3.04. The number of rotatable bonds is 4. The lowest BCUT2D eigenvalue weighted by Crippen LogP contribution is -2.41. The third-order valence-corrected chi connectivity index (χ3v) is 4.76. The van der Waals surface area contributed by atoms with Crippen LogP contribution in [0, 0.1) is 22.7 Å². The molecule has 1 aliphatic heterocycles. The molecule has 28 heavy (non-hydrogen) atoms. The molecule has 0 bridgehead atoms. The molecule has 0 fully saturated rings. The van der Waals surface area contributed by atoms with Crippen LogP contribution in [0.5, 0.6) is 0 Å². The topological polar surface area (TPSA) is 88.1 Å². The van der Waals surface area contributed by atoms with Crippen molar-refractivity contribution in [3.8, 4) is 0 Å². The van der Waals surface area contributed by atoms with Gasteiger partial charge in [0, 0.05) is 5.92 Å². The molecule has 0 aromatic carbocycles. The van der Waals surface area contributed by atoms with Crippen LogP contribution in [-0.4, -0.2) is 37.9 Å². The van der Waals surface area contributed by atoms with Crippen molar-refractivity contribution in [1.29, 1.82) is 0 Å². The zero-order valence-electron chi connectivity index (χ0n) is 17.7. The monoisotopic (exact) mass is 394 g/mol. The molecule has 7 nitrogen and oxygen atoms in total. The Labute approximate surface area is 166 Å². The van der Waals surface area contributed by atoms with Crippen molar-refractivity contribution in [2.24, 2.45) is 22.7 Å². The Balaban J connectivity index is 2.23. The first-order valence-electron chi connectivity index (χ1n) is 9.37. The van der Waals surface area contributed by atoms with E-state index in [0.29, 0.717) is 12.0 Å². The average Bonchev–Trinajstić information content (AvgIpc) is 3.01. The summed E-state index contributed by atoms with van der Waals surface area (Å²) in [6.07, 6.45) is 2.87. The number of fused-ring (bicyclic) bond motifs is 1. The minimum atomic E-state index is -0.896. The largest absolute Gasteiger partial charge is 0.466 e. The fraction of sp³-hybridized carbons (Fsp3) is 0.667. The number of esters is 3. The van der Waals surface area contributed by atoms with E-state index in [1.54, 1.807) is 41.5 Å². The fourth-order valence-electron chi connectivity index (χ4n) is 3.04. The second-order valence-corrected chi connectivity index (χ2v) is 9.20. The van der Waals surface area contributed by atoms with E-state index >= 15 is 0 Å². The second kappa shape index (κ2) is 7.97. The van der Waals surface area contributed by atoms with Gasteiger partial charge in [0.25, 0.3) is 6.29 Å². The van der Waals surface area contributed by atoms with E-state index in [9.17, 15) is 14.4 Å². The minimum Gasteiger partial charge on any atom is -0.466 e. The van der Waals surface area contributed by atoms with Gasteiger partial charge in [-0.3, -0.25) is 9.59 Å². The first kappa shape index (κ1) is 22.0. The van der Waals surface area contributed by atoms with Crippen molar-refractivity contribution in [3.05, 3.63) is 23.5 Å². The Bertz CT molecular complexity index is 703. The average molecular weight is 394 g/mol. The molecule has 0 aromatic heterocycles. The van der Waals surface area contributed by atoms with E-state index in [1.165, 1.54) is 13.4 Å². The van der Waals surface area contributed by atoms with Gasteiger partial charge in [-0.05, 0) is 53.5 Å². The molecule has 0 saturated heterocycles. The summed E-state index contributed by atoms with van der Waals surface area (Å²) in [7, 11) is 1.30. The third kappa shape index (κ3) is 4.75. The van der Waals surface area contributed by atoms with Gasteiger partial charge >= 0.3 is 17.9 Å². The zero-order chi connectivity index (χ0) is 21.3. The molecule has 1 heterocycles. The van der Waals surface area contributed by atoms with Crippen LogP contribution in [-0.2, 0) is 33.3 Å². The van der Waals surface area contributed by atoms with Crippen LogP contribution in [0.15, 0.2) is 23.5 Å². The molecule has 1 aliphatic carbocycles. The van der Waals surface area contributed by atoms with Crippen LogP contribution < -0.4 is 0 Å². The van der Waals surface area contributed by atoms with Crippen LogP contribution in [0.4, 0.5) is 0 Å². The Kier molecular flexibility index (Phi) is 6.26. The van der Waals surface area contributed by atoms with E-state index in [-0.39, 0.29) is 18.5 Å². The summed E-state index contributed by atoms with van der Waals surface area (Å²) in [5.41, 5.74) is -0.184. The molecule has 2 aliphatic rings. The molecular weight excluding hydrogens is 364 g/mol. The van der Waals surface area contributed by atoms with Crippen molar-refractivity contribution in [2.45, 2.75) is 54.3 Å². The summed E-state index contributed by atoms with van der Waals surface area (Å²) in [6, 6.07) is 0. The van der Waals surface area contributed by atoms with Gasteiger partial charge in [0.1, 0.15) is 6.61 Å². The first-order valence-corrected chi connectivity index (χ1v) is 9.37. The molecule has 0 N–H and O–H groups in total. The predicted molar refractivity (Wildman–Crippen MR) is 101 cm³/mol. The van der Waals surface area contributed by atoms with Crippen molar-refractivity contribution in [1.82, 2.24) is 0 Å². The molecule has 3 atom stereocenters. The van der Waals surface area contributed by atoms with Gasteiger partial charge in [0.15, 0.2) is 0 Å². The van der Waals surface area contributed by atoms with Gasteiger partial charge in [-0.25, -0.2) is 4.79 Å². The number of carbonyl (C=O) groups is 3. The van der Waals surface area contributed by atoms with E-state index in [2.05, 4.69) is 0 Å². The van der Waals surface area contributed by atoms with Gasteiger partial charge < -0.3 is 18.9 Å². The normalized spacial score (nSPS) is 24.3. The number of allylic oxidation sites excluding steroid dienone is 1. The molecule has 2 rings (SSSR count). The van der Waals surface area contributed by atoms with Gasteiger partial charge in [-0.1, -0.05) is 6.08 Å². The van der Waals surface area contributed by atoms with Crippen LogP contribution in [0.25, 0.3) is 0 Å². The Morgan fingerprint density at radius 2 is 1.68 bits per heavy atom. The maximum Gasteiger partial charge on any atom is 0.337 e. The van der Waals surface area contributed by atoms with Gasteiger partial charge in [0.05, 0.1) is 35.7 Å². The zero-order valence-corrected chi connectivity index (χ0v) is 17.7. The molecule has 7 heteroatoms. The van der Waals surface area contributed by atoms with Crippen LogP contribution in [0.1, 0.15) is 48.0 Å². The quantitative estimate of drug-likeness (QED) is 0.411. The summed E-state index contributed by atoms with van der Waals surface area (Å²) in [4.78, 5) is 36.6. The lowest BCUT2D eigenvalue weighted by molar-refractivity contribution is -0.191. The Hall–Kier alpha value is -2.31. The third-order valence-electron chi connectivity index (χ3n) is 4.76. The van der Waals surface area contributed by atoms with Gasteiger partial charge in [-0.15, -0.1) is 0 Å². The van der Waals surface area contributed by atoms with E-state index in [0.717, 1.165) is 5.57 Å². The van der Waals surface area contributed by atoms with Crippen molar-refractivity contribution < 1.29 is 33.3 Å². The Morgan fingerprint density at radius 1 is 1.07 bits per heavy atom. The van der Waals surface area contributed by atoms with E-state index in [4.69, 9.17) is 18.9 Å². The number of carbonyl (C=O) groups excluding carboxylic acids is 3. The first-order chi connectivity index (χ1) is 12.9. The molecule has 0 unspecified atom stereocenters. The molecule has 0 amide bonds. The molecule has 0 radical (unpaired) electrons. The highest BCUT2D eigenvalue weighted by Crippen LogP contribution is 2.44. The van der Waals surface area contributed by atoms with Crippen LogP contribution >= 0.6 is 0 Å². The van der Waals surface area contributed by atoms with Crippen molar-refractivity contribution in [3.63, 3.8) is 0 Å². The second-order valence-electron chi connectivity index (χ2n) is 9.20. The number of hydrogen-bond acceptors (Lipinski definition) is 7. The smallest absolute Gasteiger partial charge is 0.337 e. The highest BCUT2D eigenvalue weighted by Gasteiger charge is 2.47. The molecule has 156 valence electrons. The summed E-state index contributed by atoms with van der Waals surface area (Å²) >= 11 is 0. The van der Waals surface area contributed by atoms with E-state index < -0.39 is 35.0 Å². The van der Waals surface area contributed by atoms with Crippen LogP contribution in [0.3, 0.4) is 0 Å². The number of ether oxygens (including phenoxy) is 4. The lowest BCUT2D eigenvalue weighted by atomic mass is 9.83. The summed E-state index contributed by atoms with van der Waals surface area (Å²) in [5, 5.41) is 0. The van der Waals surface area contributed by atoms with E-state index in [1.807, 2.05) is 6.08 Å². The molecule has 0 spiro atoms. The standard InChI is InChI=1S/C21H30O7/c1-20(2,3)18(23)27-10-12-8-9-13-14(16(22)25-7)11-26-17(15(12)13)28-19(24)21(4,5)6/h8,11,13,15,17H,9-10H2,1-7H3/t13-,15-,17+/m1/s1. The molecule has 0 saturated carbocycles. The van der Waals surface area contributed by atoms with Gasteiger partial charge in [-0.2, -0.15) is 0 Å². The molecular formula is C21H30O7. The van der Waals surface area contributed by atoms with Crippen molar-refractivity contribution >= 4 is 17.9 Å². The highest BCUT2D eigenvalue weighted by atomic mass is 16.7. The SMILES string of the molecule is COC(=O)C1=CO[C@@H](OC(=O)C(C)(C)C)[C@@H]2C(COC(=O)C(C)(C)C)=CC[C@H]12. The maximum atomic E-state index is 12.4. The minimum absolute atomic E-state index is 0.0542. The summed E-state index contributed by atoms with van der Waals surface area (Å²) < 4.78 is 21.5. The maximum absolute atomic E-state index is 12.4. The summed E-state index contributed by atoms with van der Waals surface area (Å²) in [6.45, 7) is 10.6. The lowest BCUT2D eigenvalue weighted by Gasteiger charge is -2.35. The highest BCUT2D eigenvalue weighted by molar-refractivity contribution is 5.89. The van der Waals surface area contributed by atoms with Crippen molar-refractivity contribution in [2.75, 3.05) is 13.7 Å². The molecule has 0 aromatic rings. The van der Waals surface area contributed by atoms with Gasteiger partial charge in [0.2, 0.25) is 0 Å². The number of methoxy groups -OCH3 is 1. The summed E-state index contributed by atoms with van der Waals surface area (Å²) in [5.74, 6) is -1.91. The predicted octanol–water partition coefficient (Wildman–Crippen LogP) is 3.14.